The van der Waals surface area contributed by atoms with Gasteiger partial charge in [-0.05, 0) is 19.4 Å². The average Bonchev–Trinajstić information content (AvgIpc) is 2.88. The zero-order valence-electron chi connectivity index (χ0n) is 13.0. The molecule has 0 saturated carbocycles. The van der Waals surface area contributed by atoms with Crippen molar-refractivity contribution < 1.29 is 9.90 Å². The van der Waals surface area contributed by atoms with Crippen LogP contribution in [0.25, 0.3) is 0 Å². The van der Waals surface area contributed by atoms with Crippen LogP contribution in [0.3, 0.4) is 0 Å². The second-order valence-electron chi connectivity index (χ2n) is 5.15. The number of hydrogen-bond donors (Lipinski definition) is 2. The Morgan fingerprint density at radius 1 is 1.36 bits per heavy atom. The zero-order valence-corrected chi connectivity index (χ0v) is 13.8. The number of carbonyl (C=O) groups excluding carboxylic acids is 1. The summed E-state index contributed by atoms with van der Waals surface area (Å²) in [6, 6.07) is 9.83. The van der Waals surface area contributed by atoms with Crippen LogP contribution in [0, 0.1) is 0 Å². The van der Waals surface area contributed by atoms with Gasteiger partial charge in [0, 0.05) is 7.05 Å². The summed E-state index contributed by atoms with van der Waals surface area (Å²) in [6.45, 7) is 3.76. The molecule has 2 unspecified atom stereocenters. The van der Waals surface area contributed by atoms with Gasteiger partial charge in [0.1, 0.15) is 0 Å². The van der Waals surface area contributed by atoms with Crippen LogP contribution in [-0.2, 0) is 18.4 Å². The molecule has 1 aromatic heterocycles. The number of aliphatic hydroxyl groups is 1. The van der Waals surface area contributed by atoms with E-state index in [9.17, 15) is 9.90 Å². The molecule has 0 aliphatic rings. The van der Waals surface area contributed by atoms with Crippen molar-refractivity contribution in [1.29, 1.82) is 0 Å². The van der Waals surface area contributed by atoms with E-state index in [1.165, 1.54) is 11.8 Å². The lowest BCUT2D eigenvalue weighted by Crippen LogP contribution is -2.33. The smallest absolute Gasteiger partial charge is 0.233 e. The van der Waals surface area contributed by atoms with Crippen molar-refractivity contribution in [3.8, 4) is 0 Å². The Hall–Kier alpha value is -1.79. The fourth-order valence-electron chi connectivity index (χ4n) is 2.05. The van der Waals surface area contributed by atoms with Gasteiger partial charge < -0.3 is 15.0 Å². The number of carbonyl (C=O) groups is 1. The van der Waals surface area contributed by atoms with Gasteiger partial charge >= 0.3 is 0 Å². The number of aromatic nitrogens is 2. The van der Waals surface area contributed by atoms with Gasteiger partial charge in [-0.2, -0.15) is 0 Å². The molecule has 0 bridgehead atoms. The summed E-state index contributed by atoms with van der Waals surface area (Å²) >= 11 is 1.38. The van der Waals surface area contributed by atoms with Crippen molar-refractivity contribution in [2.24, 2.45) is 7.05 Å². The van der Waals surface area contributed by atoms with Crippen molar-refractivity contribution in [2.45, 2.75) is 36.9 Å². The molecule has 0 aliphatic heterocycles. The molecule has 118 valence electrons. The van der Waals surface area contributed by atoms with Crippen molar-refractivity contribution in [1.82, 2.24) is 14.9 Å². The van der Waals surface area contributed by atoms with Gasteiger partial charge in [0.15, 0.2) is 5.16 Å². The Morgan fingerprint density at radius 2 is 2.05 bits per heavy atom. The van der Waals surface area contributed by atoms with E-state index in [-0.39, 0.29) is 23.8 Å². The molecule has 5 nitrogen and oxygen atoms in total. The molecule has 1 amide bonds. The minimum absolute atomic E-state index is 0.0325. The van der Waals surface area contributed by atoms with Crippen LogP contribution < -0.4 is 5.32 Å². The van der Waals surface area contributed by atoms with Gasteiger partial charge in [0.2, 0.25) is 5.91 Å². The van der Waals surface area contributed by atoms with Crippen molar-refractivity contribution in [2.75, 3.05) is 0 Å². The van der Waals surface area contributed by atoms with Crippen molar-refractivity contribution in [3.05, 3.63) is 47.8 Å². The summed E-state index contributed by atoms with van der Waals surface area (Å²) in [5.74, 6) is -0.0325. The lowest BCUT2D eigenvalue weighted by Gasteiger charge is -2.17. The van der Waals surface area contributed by atoms with Crippen LogP contribution in [0.2, 0.25) is 0 Å². The molecule has 0 fully saturated rings. The summed E-state index contributed by atoms with van der Waals surface area (Å²) < 4.78 is 1.80. The molecule has 0 aliphatic carbocycles. The summed E-state index contributed by atoms with van der Waals surface area (Å²) in [7, 11) is 1.83. The molecular weight excluding hydrogens is 298 g/mol. The standard InChI is InChI=1S/C16H21N3O2S/c1-11(13-7-5-4-6-8-13)18-15(21)12(2)22-16-17-9-14(10-20)19(16)3/h4-9,11-12,20H,10H2,1-3H3,(H,18,21). The molecule has 2 N–H and O–H groups in total. The van der Waals surface area contributed by atoms with Crippen LogP contribution in [-0.4, -0.2) is 25.8 Å². The van der Waals surface area contributed by atoms with Gasteiger partial charge in [-0.25, -0.2) is 4.98 Å². The number of amides is 1. The monoisotopic (exact) mass is 319 g/mol. The third kappa shape index (κ3) is 3.90. The first kappa shape index (κ1) is 16.6. The Balaban J connectivity index is 1.96. The first-order valence-electron chi connectivity index (χ1n) is 7.16. The van der Waals surface area contributed by atoms with Crippen LogP contribution in [0.5, 0.6) is 0 Å². The van der Waals surface area contributed by atoms with Crippen molar-refractivity contribution in [3.63, 3.8) is 0 Å². The number of aliphatic hydroxyl groups excluding tert-OH is 1. The Kier molecular flexibility index (Phi) is 5.63. The molecule has 2 atom stereocenters. The summed E-state index contributed by atoms with van der Waals surface area (Å²) in [6.07, 6.45) is 1.62. The number of hydrogen-bond acceptors (Lipinski definition) is 4. The van der Waals surface area contributed by atoms with E-state index in [2.05, 4.69) is 10.3 Å². The minimum Gasteiger partial charge on any atom is -0.390 e. The molecule has 2 aromatic rings. The molecule has 6 heteroatoms. The van der Waals surface area contributed by atoms with Gasteiger partial charge in [-0.3, -0.25) is 4.79 Å². The summed E-state index contributed by atoms with van der Waals surface area (Å²) in [5, 5.41) is 12.6. The summed E-state index contributed by atoms with van der Waals surface area (Å²) in [5.41, 5.74) is 1.81. The largest absolute Gasteiger partial charge is 0.390 e. The number of imidazole rings is 1. The van der Waals surface area contributed by atoms with Crippen LogP contribution >= 0.6 is 11.8 Å². The zero-order chi connectivity index (χ0) is 16.1. The van der Waals surface area contributed by atoms with Crippen LogP contribution in [0.4, 0.5) is 0 Å². The molecule has 1 heterocycles. The van der Waals surface area contributed by atoms with Gasteiger partial charge in [-0.15, -0.1) is 0 Å². The average molecular weight is 319 g/mol. The second-order valence-corrected chi connectivity index (χ2v) is 6.46. The fourth-order valence-corrected chi connectivity index (χ4v) is 2.93. The second kappa shape index (κ2) is 7.47. The molecular formula is C16H21N3O2S. The Morgan fingerprint density at radius 3 is 2.64 bits per heavy atom. The maximum Gasteiger partial charge on any atom is 0.233 e. The number of benzene rings is 1. The molecule has 0 spiro atoms. The lowest BCUT2D eigenvalue weighted by molar-refractivity contribution is -0.120. The predicted octanol–water partition coefficient (Wildman–Crippen LogP) is 2.27. The number of nitrogens with one attached hydrogen (secondary N) is 1. The highest BCUT2D eigenvalue weighted by Gasteiger charge is 2.19. The third-order valence-corrected chi connectivity index (χ3v) is 4.67. The van der Waals surface area contributed by atoms with E-state index < -0.39 is 0 Å². The minimum atomic E-state index is -0.265. The van der Waals surface area contributed by atoms with E-state index in [4.69, 9.17) is 0 Å². The maximum atomic E-state index is 12.3. The van der Waals surface area contributed by atoms with Crippen molar-refractivity contribution >= 4 is 17.7 Å². The van der Waals surface area contributed by atoms with E-state index in [0.29, 0.717) is 0 Å². The molecule has 0 radical (unpaired) electrons. The molecule has 22 heavy (non-hydrogen) atoms. The van der Waals surface area contributed by atoms with Crippen LogP contribution in [0.15, 0.2) is 41.7 Å². The highest BCUT2D eigenvalue weighted by atomic mass is 32.2. The van der Waals surface area contributed by atoms with E-state index in [1.54, 1.807) is 10.8 Å². The molecule has 0 saturated heterocycles. The Labute approximate surface area is 134 Å². The highest BCUT2D eigenvalue weighted by molar-refractivity contribution is 8.00. The Bertz CT molecular complexity index is 628. The van der Waals surface area contributed by atoms with E-state index >= 15 is 0 Å². The van der Waals surface area contributed by atoms with Gasteiger partial charge in [-0.1, -0.05) is 42.1 Å². The molecule has 2 rings (SSSR count). The number of rotatable bonds is 6. The first-order chi connectivity index (χ1) is 10.5. The van der Waals surface area contributed by atoms with Crippen LogP contribution in [0.1, 0.15) is 31.1 Å². The normalized spacial score (nSPS) is 13.6. The quantitative estimate of drug-likeness (QED) is 0.802. The van der Waals surface area contributed by atoms with E-state index in [1.807, 2.05) is 51.2 Å². The number of thioether (sulfide) groups is 1. The van der Waals surface area contributed by atoms with Gasteiger partial charge in [0.25, 0.3) is 0 Å². The number of nitrogens with zero attached hydrogens (tertiary/aromatic N) is 2. The fraction of sp³-hybridized carbons (Fsp3) is 0.375. The maximum absolute atomic E-state index is 12.3. The molecule has 1 aromatic carbocycles. The van der Waals surface area contributed by atoms with Gasteiger partial charge in [0.05, 0.1) is 29.8 Å². The first-order valence-corrected chi connectivity index (χ1v) is 8.04. The van der Waals surface area contributed by atoms with E-state index in [0.717, 1.165) is 16.4 Å². The highest BCUT2D eigenvalue weighted by Crippen LogP contribution is 2.23. The topological polar surface area (TPSA) is 67.2 Å². The predicted molar refractivity (Wildman–Crippen MR) is 87.4 cm³/mol. The summed E-state index contributed by atoms with van der Waals surface area (Å²) in [4.78, 5) is 16.5. The SMILES string of the molecule is CC(Sc1ncc(CO)n1C)C(=O)NC(C)c1ccccc1. The lowest BCUT2D eigenvalue weighted by atomic mass is 10.1. The third-order valence-electron chi connectivity index (χ3n) is 3.51.